The Morgan fingerprint density at radius 1 is 1.11 bits per heavy atom. The Hall–Kier alpha value is -2.37. The standard InChI is InChI=1S/C23H30N4O/c1-18-6-5-7-19(16-18)17-25-22-23(10-12-24-13-11-23)26-20-8-3-4-9-21(20)27(22)14-15-28-2/h3-9,16,24,26H,10-15,17H2,1-2H3. The SMILES string of the molecule is COCCN1C(=NCc2cccc(C)c2)C2(CCNCC2)Nc2ccccc21. The molecule has 2 aromatic rings. The third kappa shape index (κ3) is 3.77. The summed E-state index contributed by atoms with van der Waals surface area (Å²) in [6.45, 7) is 6.30. The van der Waals surface area contributed by atoms with Gasteiger partial charge in [0.25, 0.3) is 0 Å². The molecule has 1 spiro atoms. The van der Waals surface area contributed by atoms with E-state index >= 15 is 0 Å². The van der Waals surface area contributed by atoms with Crippen LogP contribution in [0.4, 0.5) is 11.4 Å². The van der Waals surface area contributed by atoms with Gasteiger partial charge >= 0.3 is 0 Å². The molecule has 1 fully saturated rings. The first-order valence-electron chi connectivity index (χ1n) is 10.2. The van der Waals surface area contributed by atoms with Gasteiger partial charge in [0.05, 0.1) is 30.1 Å². The number of piperidine rings is 1. The number of hydrogen-bond acceptors (Lipinski definition) is 4. The molecule has 0 unspecified atom stereocenters. The lowest BCUT2D eigenvalue weighted by atomic mass is 9.83. The van der Waals surface area contributed by atoms with E-state index in [9.17, 15) is 0 Å². The van der Waals surface area contributed by atoms with Crippen LogP contribution in [0.3, 0.4) is 0 Å². The van der Waals surface area contributed by atoms with Crippen molar-refractivity contribution in [3.63, 3.8) is 0 Å². The highest BCUT2D eigenvalue weighted by Crippen LogP contribution is 2.39. The Morgan fingerprint density at radius 3 is 2.71 bits per heavy atom. The zero-order valence-corrected chi connectivity index (χ0v) is 16.9. The summed E-state index contributed by atoms with van der Waals surface area (Å²) in [5.74, 6) is 1.14. The van der Waals surface area contributed by atoms with Crippen LogP contribution in [0.1, 0.15) is 24.0 Å². The molecule has 148 valence electrons. The maximum Gasteiger partial charge on any atom is 0.130 e. The minimum Gasteiger partial charge on any atom is -0.383 e. The summed E-state index contributed by atoms with van der Waals surface area (Å²) in [4.78, 5) is 7.57. The summed E-state index contributed by atoms with van der Waals surface area (Å²) in [6.07, 6.45) is 2.05. The zero-order valence-electron chi connectivity index (χ0n) is 16.9. The number of aryl methyl sites for hydroxylation is 1. The van der Waals surface area contributed by atoms with Crippen molar-refractivity contribution < 1.29 is 4.74 Å². The number of para-hydroxylation sites is 2. The number of aliphatic imine (C=N–C) groups is 1. The van der Waals surface area contributed by atoms with E-state index in [1.165, 1.54) is 22.5 Å². The molecule has 4 rings (SSSR count). The molecule has 2 aliphatic rings. The Kier molecular flexibility index (Phi) is 5.64. The van der Waals surface area contributed by atoms with Crippen LogP contribution in [0.25, 0.3) is 0 Å². The number of hydrogen-bond donors (Lipinski definition) is 2. The molecule has 2 heterocycles. The second-order valence-corrected chi connectivity index (χ2v) is 7.75. The van der Waals surface area contributed by atoms with E-state index in [2.05, 4.69) is 71.0 Å². The van der Waals surface area contributed by atoms with Crippen molar-refractivity contribution in [1.29, 1.82) is 0 Å². The van der Waals surface area contributed by atoms with Crippen LogP contribution in [-0.4, -0.2) is 44.7 Å². The number of anilines is 2. The van der Waals surface area contributed by atoms with Crippen LogP contribution in [0, 0.1) is 6.92 Å². The summed E-state index contributed by atoms with van der Waals surface area (Å²) in [6, 6.07) is 17.2. The molecular formula is C23H30N4O. The maximum atomic E-state index is 5.43. The molecular weight excluding hydrogens is 348 g/mol. The molecule has 0 aromatic heterocycles. The number of rotatable bonds is 5. The van der Waals surface area contributed by atoms with Gasteiger partial charge in [-0.15, -0.1) is 0 Å². The van der Waals surface area contributed by atoms with Crippen molar-refractivity contribution in [2.24, 2.45) is 4.99 Å². The highest BCUT2D eigenvalue weighted by Gasteiger charge is 2.44. The first-order valence-corrected chi connectivity index (χ1v) is 10.2. The minimum atomic E-state index is -0.128. The average Bonchev–Trinajstić information content (AvgIpc) is 2.71. The Bertz CT molecular complexity index is 842. The molecule has 28 heavy (non-hydrogen) atoms. The monoisotopic (exact) mass is 378 g/mol. The highest BCUT2D eigenvalue weighted by molar-refractivity contribution is 6.11. The first kappa shape index (κ1) is 19.0. The molecule has 0 atom stereocenters. The predicted molar refractivity (Wildman–Crippen MR) is 116 cm³/mol. The van der Waals surface area contributed by atoms with Gasteiger partial charge in [0.15, 0.2) is 0 Å². The average molecular weight is 379 g/mol. The van der Waals surface area contributed by atoms with Gasteiger partial charge < -0.3 is 20.3 Å². The third-order valence-electron chi connectivity index (χ3n) is 5.72. The second-order valence-electron chi connectivity index (χ2n) is 7.75. The van der Waals surface area contributed by atoms with Crippen LogP contribution >= 0.6 is 0 Å². The van der Waals surface area contributed by atoms with Crippen LogP contribution in [0.5, 0.6) is 0 Å². The summed E-state index contributed by atoms with van der Waals surface area (Å²) in [7, 11) is 1.76. The normalized spacial score (nSPS) is 19.5. The van der Waals surface area contributed by atoms with Crippen molar-refractivity contribution >= 4 is 17.2 Å². The second kappa shape index (κ2) is 8.33. The molecule has 1 saturated heterocycles. The quantitative estimate of drug-likeness (QED) is 0.835. The summed E-state index contributed by atoms with van der Waals surface area (Å²) in [5, 5.41) is 7.37. The number of benzene rings is 2. The number of fused-ring (bicyclic) bond motifs is 1. The van der Waals surface area contributed by atoms with E-state index in [4.69, 9.17) is 9.73 Å². The summed E-state index contributed by atoms with van der Waals surface area (Å²) < 4.78 is 5.43. The molecule has 0 saturated carbocycles. The number of ether oxygens (including phenoxy) is 1. The van der Waals surface area contributed by atoms with Gasteiger partial charge in [0.1, 0.15) is 5.84 Å². The van der Waals surface area contributed by atoms with Gasteiger partial charge in [-0.25, -0.2) is 0 Å². The van der Waals surface area contributed by atoms with E-state index in [0.717, 1.165) is 38.3 Å². The third-order valence-corrected chi connectivity index (χ3v) is 5.72. The summed E-state index contributed by atoms with van der Waals surface area (Å²) in [5.41, 5.74) is 4.78. The van der Waals surface area contributed by atoms with Gasteiger partial charge in [-0.2, -0.15) is 0 Å². The van der Waals surface area contributed by atoms with Crippen LogP contribution in [-0.2, 0) is 11.3 Å². The van der Waals surface area contributed by atoms with Crippen molar-refractivity contribution in [3.05, 3.63) is 59.7 Å². The van der Waals surface area contributed by atoms with Crippen molar-refractivity contribution in [2.45, 2.75) is 31.8 Å². The van der Waals surface area contributed by atoms with Gasteiger partial charge in [-0.1, -0.05) is 42.0 Å². The largest absolute Gasteiger partial charge is 0.383 e. The Morgan fingerprint density at radius 2 is 1.93 bits per heavy atom. The van der Waals surface area contributed by atoms with Gasteiger partial charge in [-0.3, -0.25) is 4.99 Å². The molecule has 2 N–H and O–H groups in total. The Labute approximate surface area is 167 Å². The van der Waals surface area contributed by atoms with E-state index in [1.54, 1.807) is 7.11 Å². The lowest BCUT2D eigenvalue weighted by molar-refractivity contribution is 0.207. The Balaban J connectivity index is 1.75. The van der Waals surface area contributed by atoms with Crippen molar-refractivity contribution in [3.8, 4) is 0 Å². The fourth-order valence-corrected chi connectivity index (χ4v) is 4.33. The van der Waals surface area contributed by atoms with Gasteiger partial charge in [0.2, 0.25) is 0 Å². The van der Waals surface area contributed by atoms with E-state index in [1.807, 2.05) is 0 Å². The van der Waals surface area contributed by atoms with Crippen LogP contribution < -0.4 is 15.5 Å². The molecule has 0 bridgehead atoms. The highest BCUT2D eigenvalue weighted by atomic mass is 16.5. The molecule has 0 amide bonds. The number of amidine groups is 1. The van der Waals surface area contributed by atoms with Crippen LogP contribution in [0.2, 0.25) is 0 Å². The van der Waals surface area contributed by atoms with E-state index in [0.29, 0.717) is 13.2 Å². The molecule has 5 heteroatoms. The lowest BCUT2D eigenvalue weighted by Crippen LogP contribution is -2.62. The van der Waals surface area contributed by atoms with Gasteiger partial charge in [0, 0.05) is 13.7 Å². The van der Waals surface area contributed by atoms with Crippen LogP contribution in [0.15, 0.2) is 53.5 Å². The molecule has 2 aliphatic heterocycles. The fraction of sp³-hybridized carbons (Fsp3) is 0.435. The predicted octanol–water partition coefficient (Wildman–Crippen LogP) is 3.59. The summed E-state index contributed by atoms with van der Waals surface area (Å²) >= 11 is 0. The van der Waals surface area contributed by atoms with Crippen molar-refractivity contribution in [2.75, 3.05) is 43.6 Å². The molecule has 5 nitrogen and oxygen atoms in total. The fourth-order valence-electron chi connectivity index (χ4n) is 4.33. The van der Waals surface area contributed by atoms with Crippen molar-refractivity contribution in [1.82, 2.24) is 5.32 Å². The topological polar surface area (TPSA) is 48.9 Å². The smallest absolute Gasteiger partial charge is 0.130 e. The molecule has 0 aliphatic carbocycles. The first-order chi connectivity index (χ1) is 13.7. The number of nitrogens with one attached hydrogen (secondary N) is 2. The molecule has 0 radical (unpaired) electrons. The van der Waals surface area contributed by atoms with Gasteiger partial charge in [-0.05, 0) is 50.6 Å². The minimum absolute atomic E-state index is 0.128. The molecule has 2 aromatic carbocycles. The number of nitrogens with zero attached hydrogens (tertiary/aromatic N) is 2. The van der Waals surface area contributed by atoms with E-state index < -0.39 is 0 Å². The lowest BCUT2D eigenvalue weighted by Gasteiger charge is -2.48. The zero-order chi connectivity index (χ0) is 19.4. The number of methoxy groups -OCH3 is 1. The maximum absolute atomic E-state index is 5.43. The van der Waals surface area contributed by atoms with E-state index in [-0.39, 0.29) is 5.54 Å².